The average Bonchev–Trinajstić information content (AvgIpc) is 2.83. The van der Waals surface area contributed by atoms with E-state index in [0.29, 0.717) is 17.7 Å². The van der Waals surface area contributed by atoms with Crippen LogP contribution in [-0.4, -0.2) is 75.9 Å². The van der Waals surface area contributed by atoms with Crippen molar-refractivity contribution in [1.82, 2.24) is 15.5 Å². The Morgan fingerprint density at radius 2 is 1.86 bits per heavy atom. The summed E-state index contributed by atoms with van der Waals surface area (Å²) in [6.45, 7) is 6.37. The maximum absolute atomic E-state index is 13.9. The molecule has 0 saturated heterocycles. The van der Waals surface area contributed by atoms with Crippen molar-refractivity contribution in [1.29, 1.82) is 0 Å². The monoisotopic (exact) mass is 537 g/mol. The van der Waals surface area contributed by atoms with E-state index in [2.05, 4.69) is 10.6 Å². The fraction of sp³-hybridized carbons (Fsp3) is 0.667. The molecule has 0 aromatic heterocycles. The van der Waals surface area contributed by atoms with Gasteiger partial charge in [0.15, 0.2) is 0 Å². The van der Waals surface area contributed by atoms with E-state index in [1.165, 1.54) is 16.7 Å². The van der Waals surface area contributed by atoms with Crippen LogP contribution in [0.15, 0.2) is 18.2 Å². The minimum Gasteiger partial charge on any atom is -0.507 e. The van der Waals surface area contributed by atoms with Crippen molar-refractivity contribution in [3.8, 4) is 5.75 Å². The van der Waals surface area contributed by atoms with Crippen molar-refractivity contribution in [3.63, 3.8) is 0 Å². The molecule has 1 aromatic rings. The highest BCUT2D eigenvalue weighted by Crippen LogP contribution is 2.33. The van der Waals surface area contributed by atoms with Crippen LogP contribution in [0.4, 0.5) is 4.79 Å². The molecule has 3 amide bonds. The first-order valence-electron chi connectivity index (χ1n) is 13.0. The number of nitrogens with one attached hydrogen (secondary N) is 2. The third-order valence-corrected chi connectivity index (χ3v) is 6.94. The summed E-state index contributed by atoms with van der Waals surface area (Å²) in [5.74, 6) is -0.453. The molecule has 1 aromatic carbocycles. The number of thioether (sulfide) groups is 1. The number of carbonyl (C=O) groups excluding carboxylic acids is 3. The van der Waals surface area contributed by atoms with Crippen LogP contribution in [0.25, 0.3) is 0 Å². The Hall–Kier alpha value is -2.46. The lowest BCUT2D eigenvalue weighted by atomic mass is 9.94. The largest absolute Gasteiger partial charge is 0.507 e. The highest BCUT2D eigenvalue weighted by atomic mass is 32.2. The molecule has 37 heavy (non-hydrogen) atoms. The predicted molar refractivity (Wildman–Crippen MR) is 146 cm³/mol. The van der Waals surface area contributed by atoms with Crippen molar-refractivity contribution in [3.05, 3.63) is 29.3 Å². The Balaban J connectivity index is 2.45. The fourth-order valence-corrected chi connectivity index (χ4v) is 4.97. The van der Waals surface area contributed by atoms with E-state index in [9.17, 15) is 24.6 Å². The van der Waals surface area contributed by atoms with Gasteiger partial charge in [0, 0.05) is 18.2 Å². The minimum atomic E-state index is -1.18. The van der Waals surface area contributed by atoms with Gasteiger partial charge in [-0.05, 0) is 64.5 Å². The summed E-state index contributed by atoms with van der Waals surface area (Å²) in [7, 11) is 0. The first-order chi connectivity index (χ1) is 17.5. The van der Waals surface area contributed by atoms with Gasteiger partial charge in [0.05, 0.1) is 6.61 Å². The second-order valence-electron chi connectivity index (χ2n) is 10.5. The van der Waals surface area contributed by atoms with Crippen LogP contribution < -0.4 is 10.6 Å². The number of aliphatic hydroxyl groups is 1. The molecule has 9 nitrogen and oxygen atoms in total. The molecule has 208 valence electrons. The molecule has 0 heterocycles. The van der Waals surface area contributed by atoms with E-state index >= 15 is 0 Å². The third kappa shape index (κ3) is 9.41. The van der Waals surface area contributed by atoms with Gasteiger partial charge in [-0.2, -0.15) is 11.8 Å². The van der Waals surface area contributed by atoms with E-state index < -0.39 is 42.2 Å². The van der Waals surface area contributed by atoms with Crippen LogP contribution in [0.2, 0.25) is 0 Å². The average molecular weight is 538 g/mol. The molecule has 4 N–H and O–H groups in total. The van der Waals surface area contributed by atoms with Crippen LogP contribution >= 0.6 is 11.8 Å². The topological polar surface area (TPSA) is 128 Å². The molecular formula is C27H43N3O6S. The number of rotatable bonds is 11. The van der Waals surface area contributed by atoms with E-state index in [0.717, 1.165) is 32.1 Å². The van der Waals surface area contributed by atoms with E-state index in [1.807, 2.05) is 6.26 Å². The van der Waals surface area contributed by atoms with E-state index in [1.54, 1.807) is 45.9 Å². The first-order valence-corrected chi connectivity index (χ1v) is 14.4. The van der Waals surface area contributed by atoms with Gasteiger partial charge in [-0.1, -0.05) is 37.5 Å². The number of aryl methyl sites for hydroxylation is 1. The van der Waals surface area contributed by atoms with Crippen molar-refractivity contribution in [2.45, 2.75) is 89.9 Å². The highest BCUT2D eigenvalue weighted by molar-refractivity contribution is 7.98. The highest BCUT2D eigenvalue weighted by Gasteiger charge is 2.38. The van der Waals surface area contributed by atoms with E-state index in [4.69, 9.17) is 4.74 Å². The Morgan fingerprint density at radius 1 is 1.19 bits per heavy atom. The Labute approximate surface area is 224 Å². The predicted octanol–water partition coefficient (Wildman–Crippen LogP) is 3.66. The van der Waals surface area contributed by atoms with Gasteiger partial charge in [0.2, 0.25) is 11.8 Å². The van der Waals surface area contributed by atoms with Crippen LogP contribution in [0.3, 0.4) is 0 Å². The molecule has 2 unspecified atom stereocenters. The quantitative estimate of drug-likeness (QED) is 0.339. The number of aliphatic hydroxyl groups excluding tert-OH is 1. The molecule has 1 fully saturated rings. The van der Waals surface area contributed by atoms with Crippen LogP contribution in [0.1, 0.15) is 76.5 Å². The smallest absolute Gasteiger partial charge is 0.408 e. The Kier molecular flexibility index (Phi) is 12.0. The zero-order valence-electron chi connectivity index (χ0n) is 22.7. The maximum Gasteiger partial charge on any atom is 0.408 e. The first kappa shape index (κ1) is 30.8. The lowest BCUT2D eigenvalue weighted by Crippen LogP contribution is -2.54. The summed E-state index contributed by atoms with van der Waals surface area (Å²) in [6.07, 6.45) is 6.31. The number of phenolic OH excluding ortho intramolecular Hbond substituents is 1. The molecule has 0 aliphatic heterocycles. The number of hydrogen-bond donors (Lipinski definition) is 4. The molecule has 0 spiro atoms. The number of ether oxygens (including phenoxy) is 1. The summed E-state index contributed by atoms with van der Waals surface area (Å²) in [6, 6.07) is 2.87. The SMILES string of the molecule is CSCCC(NC(=O)OC(C)(C)C)C(=O)N(CCO)C(C(=O)NC1CCCCC1)c1cccc(C)c1O. The van der Waals surface area contributed by atoms with Crippen LogP contribution in [0, 0.1) is 6.92 Å². The number of amides is 3. The summed E-state index contributed by atoms with van der Waals surface area (Å²) in [5, 5.41) is 26.5. The Morgan fingerprint density at radius 3 is 2.46 bits per heavy atom. The van der Waals surface area contributed by atoms with Gasteiger partial charge in [-0.15, -0.1) is 0 Å². The number of hydrogen-bond acceptors (Lipinski definition) is 7. The number of nitrogens with zero attached hydrogens (tertiary/aromatic N) is 1. The van der Waals surface area contributed by atoms with Gasteiger partial charge >= 0.3 is 6.09 Å². The lowest BCUT2D eigenvalue weighted by molar-refractivity contribution is -0.143. The summed E-state index contributed by atoms with van der Waals surface area (Å²) in [5.41, 5.74) is 0.0868. The molecule has 2 rings (SSSR count). The zero-order chi connectivity index (χ0) is 27.6. The zero-order valence-corrected chi connectivity index (χ0v) is 23.5. The standard InChI is InChI=1S/C27H43N3O6S/c1-18-10-9-13-20(23(18)32)22(24(33)28-19-11-7-6-8-12-19)30(15-16-31)25(34)21(14-17-37-5)29-26(35)36-27(2,3)4/h9-10,13,19,21-22,31-32H,6-8,11-12,14-17H2,1-5H3,(H,28,33)(H,29,35). The van der Waals surface area contributed by atoms with E-state index in [-0.39, 0.29) is 23.9 Å². The molecule has 2 atom stereocenters. The Bertz CT molecular complexity index is 914. The number of para-hydroxylation sites is 1. The molecule has 0 bridgehead atoms. The number of carbonyl (C=O) groups is 3. The number of aromatic hydroxyl groups is 1. The number of benzene rings is 1. The lowest BCUT2D eigenvalue weighted by Gasteiger charge is -2.35. The van der Waals surface area contributed by atoms with Gasteiger partial charge in [-0.25, -0.2) is 4.79 Å². The van der Waals surface area contributed by atoms with Gasteiger partial charge in [0.1, 0.15) is 23.4 Å². The number of alkyl carbamates (subject to hydrolysis) is 1. The second-order valence-corrected chi connectivity index (χ2v) is 11.5. The van der Waals surface area contributed by atoms with Gasteiger partial charge < -0.3 is 30.5 Å². The van der Waals surface area contributed by atoms with Crippen LogP contribution in [-0.2, 0) is 14.3 Å². The fourth-order valence-electron chi connectivity index (χ4n) is 4.50. The maximum atomic E-state index is 13.9. The normalized spacial score (nSPS) is 15.9. The van der Waals surface area contributed by atoms with Gasteiger partial charge in [-0.3, -0.25) is 9.59 Å². The second kappa shape index (κ2) is 14.5. The summed E-state index contributed by atoms with van der Waals surface area (Å²) in [4.78, 5) is 41.5. The van der Waals surface area contributed by atoms with Crippen molar-refractivity contribution < 1.29 is 29.3 Å². The molecular weight excluding hydrogens is 494 g/mol. The summed E-state index contributed by atoms with van der Waals surface area (Å²) < 4.78 is 5.37. The molecule has 1 aliphatic carbocycles. The number of phenols is 1. The minimum absolute atomic E-state index is 0.0195. The van der Waals surface area contributed by atoms with Gasteiger partial charge in [0.25, 0.3) is 0 Å². The van der Waals surface area contributed by atoms with Crippen molar-refractivity contribution in [2.75, 3.05) is 25.2 Å². The summed E-state index contributed by atoms with van der Waals surface area (Å²) >= 11 is 1.52. The molecule has 0 radical (unpaired) electrons. The van der Waals surface area contributed by atoms with Crippen LogP contribution in [0.5, 0.6) is 5.75 Å². The molecule has 1 aliphatic rings. The third-order valence-electron chi connectivity index (χ3n) is 6.30. The van der Waals surface area contributed by atoms with Crippen molar-refractivity contribution >= 4 is 29.7 Å². The molecule has 10 heteroatoms. The molecule has 1 saturated carbocycles. The van der Waals surface area contributed by atoms with Crippen molar-refractivity contribution in [2.24, 2.45) is 0 Å².